The maximum atomic E-state index is 9.37. The van der Waals surface area contributed by atoms with E-state index in [0.29, 0.717) is 5.92 Å². The summed E-state index contributed by atoms with van der Waals surface area (Å²) in [6, 6.07) is 0. The molecule has 0 aromatic rings. The Labute approximate surface area is 177 Å². The zero-order valence-electron chi connectivity index (χ0n) is 17.2. The smallest absolute Gasteiger partial charge is 0.191 e. The molecule has 0 saturated carbocycles. The van der Waals surface area contributed by atoms with E-state index in [-0.39, 0.29) is 36.0 Å². The summed E-state index contributed by atoms with van der Waals surface area (Å²) in [5.41, 5.74) is 0.108. The monoisotopic (exact) mass is 484 g/mol. The van der Waals surface area contributed by atoms with E-state index in [2.05, 4.69) is 43.2 Å². The highest BCUT2D eigenvalue weighted by atomic mass is 127. The quantitative estimate of drug-likeness (QED) is 0.239. The number of guanidine groups is 1. The van der Waals surface area contributed by atoms with Crippen LogP contribution in [0.15, 0.2) is 4.99 Å². The zero-order chi connectivity index (χ0) is 18.5. The number of hydrogen-bond donors (Lipinski definition) is 3. The molecule has 0 aromatic carbocycles. The Bertz CT molecular complexity index is 373. The fraction of sp³-hybridized carbons (Fsp3) is 0.947. The normalized spacial score (nSPS) is 17.5. The molecule has 1 unspecified atom stereocenters. The molecule has 156 valence electrons. The number of aliphatic hydroxyl groups is 1. The largest absolute Gasteiger partial charge is 0.396 e. The first kappa shape index (κ1) is 25.9. The van der Waals surface area contributed by atoms with Crippen molar-refractivity contribution < 1.29 is 9.84 Å². The molecule has 0 aliphatic carbocycles. The summed E-state index contributed by atoms with van der Waals surface area (Å²) in [6.45, 7) is 16.4. The van der Waals surface area contributed by atoms with Gasteiger partial charge >= 0.3 is 0 Å². The topological polar surface area (TPSA) is 69.1 Å². The van der Waals surface area contributed by atoms with Gasteiger partial charge in [0.2, 0.25) is 0 Å². The van der Waals surface area contributed by atoms with E-state index >= 15 is 0 Å². The second-order valence-corrected chi connectivity index (χ2v) is 7.27. The van der Waals surface area contributed by atoms with Crippen LogP contribution in [0, 0.1) is 11.3 Å². The van der Waals surface area contributed by atoms with Crippen molar-refractivity contribution in [3.05, 3.63) is 0 Å². The molecule has 1 fully saturated rings. The van der Waals surface area contributed by atoms with E-state index in [1.165, 1.54) is 0 Å². The van der Waals surface area contributed by atoms with Crippen LogP contribution in [-0.2, 0) is 4.74 Å². The van der Waals surface area contributed by atoms with Gasteiger partial charge in [0.05, 0.1) is 13.2 Å². The second-order valence-electron chi connectivity index (χ2n) is 7.27. The Morgan fingerprint density at radius 1 is 1.19 bits per heavy atom. The van der Waals surface area contributed by atoms with Crippen molar-refractivity contribution in [2.75, 3.05) is 59.1 Å². The van der Waals surface area contributed by atoms with Crippen LogP contribution in [-0.4, -0.2) is 75.1 Å². The molecule has 0 amide bonds. The Morgan fingerprint density at radius 2 is 1.85 bits per heavy atom. The minimum atomic E-state index is 0. The lowest BCUT2D eigenvalue weighted by Crippen LogP contribution is -2.44. The molecule has 1 saturated heterocycles. The van der Waals surface area contributed by atoms with Crippen LogP contribution in [0.1, 0.15) is 47.0 Å². The molecular formula is C19H41IN4O2. The van der Waals surface area contributed by atoms with Crippen LogP contribution in [0.5, 0.6) is 0 Å². The SMILES string of the molecule is CCNC(=NCC(CC)(CC)CCO)NCC(C)CN1CCOCC1.I. The van der Waals surface area contributed by atoms with Gasteiger partial charge in [-0.2, -0.15) is 0 Å². The van der Waals surface area contributed by atoms with Gasteiger partial charge in [-0.05, 0) is 37.5 Å². The molecule has 6 nitrogen and oxygen atoms in total. The van der Waals surface area contributed by atoms with E-state index < -0.39 is 0 Å². The van der Waals surface area contributed by atoms with Crippen molar-refractivity contribution in [3.8, 4) is 0 Å². The fourth-order valence-electron chi connectivity index (χ4n) is 3.29. The van der Waals surface area contributed by atoms with Crippen LogP contribution in [0.3, 0.4) is 0 Å². The van der Waals surface area contributed by atoms with Gasteiger partial charge in [-0.25, -0.2) is 0 Å². The Hall–Kier alpha value is -0.120. The third-order valence-corrected chi connectivity index (χ3v) is 5.35. The van der Waals surface area contributed by atoms with Crippen molar-refractivity contribution in [3.63, 3.8) is 0 Å². The van der Waals surface area contributed by atoms with E-state index in [1.54, 1.807) is 0 Å². The summed E-state index contributed by atoms with van der Waals surface area (Å²) < 4.78 is 5.41. The summed E-state index contributed by atoms with van der Waals surface area (Å²) >= 11 is 0. The predicted octanol–water partition coefficient (Wildman–Crippen LogP) is 2.32. The molecule has 0 radical (unpaired) electrons. The van der Waals surface area contributed by atoms with Gasteiger partial charge in [-0.1, -0.05) is 20.8 Å². The maximum Gasteiger partial charge on any atom is 0.191 e. The third-order valence-electron chi connectivity index (χ3n) is 5.35. The summed E-state index contributed by atoms with van der Waals surface area (Å²) in [4.78, 5) is 7.29. The lowest BCUT2D eigenvalue weighted by Gasteiger charge is -2.30. The fourth-order valence-corrected chi connectivity index (χ4v) is 3.29. The number of aliphatic imine (C=N–C) groups is 1. The Balaban J connectivity index is 0.00000625. The van der Waals surface area contributed by atoms with Crippen LogP contribution in [0.25, 0.3) is 0 Å². The minimum Gasteiger partial charge on any atom is -0.396 e. The standard InChI is InChI=1S/C19H40N4O2.HI/c1-5-19(6-2,8-11-24)16-22-18(20-7-3)21-14-17(4)15-23-9-12-25-13-10-23;/h17,24H,5-16H2,1-4H3,(H2,20,21,22);1H. The van der Waals surface area contributed by atoms with Gasteiger partial charge in [0, 0.05) is 45.9 Å². The average molecular weight is 484 g/mol. The molecule has 26 heavy (non-hydrogen) atoms. The lowest BCUT2D eigenvalue weighted by molar-refractivity contribution is 0.0320. The molecule has 0 bridgehead atoms. The highest BCUT2D eigenvalue weighted by Crippen LogP contribution is 2.30. The van der Waals surface area contributed by atoms with Crippen LogP contribution < -0.4 is 10.6 Å². The predicted molar refractivity (Wildman–Crippen MR) is 121 cm³/mol. The van der Waals surface area contributed by atoms with E-state index in [9.17, 15) is 5.11 Å². The Kier molecular flexibility index (Phi) is 14.8. The van der Waals surface area contributed by atoms with Gasteiger partial charge in [-0.15, -0.1) is 24.0 Å². The van der Waals surface area contributed by atoms with Crippen molar-refractivity contribution >= 4 is 29.9 Å². The molecule has 0 spiro atoms. The third kappa shape index (κ3) is 9.71. The van der Waals surface area contributed by atoms with Crippen molar-refractivity contribution in [1.82, 2.24) is 15.5 Å². The zero-order valence-corrected chi connectivity index (χ0v) is 19.6. The Morgan fingerprint density at radius 3 is 2.38 bits per heavy atom. The highest BCUT2D eigenvalue weighted by molar-refractivity contribution is 14.0. The maximum absolute atomic E-state index is 9.37. The van der Waals surface area contributed by atoms with Crippen LogP contribution in [0.2, 0.25) is 0 Å². The molecule has 3 N–H and O–H groups in total. The van der Waals surface area contributed by atoms with Crippen LogP contribution in [0.4, 0.5) is 0 Å². The highest BCUT2D eigenvalue weighted by Gasteiger charge is 2.25. The first-order chi connectivity index (χ1) is 12.1. The van der Waals surface area contributed by atoms with Gasteiger partial charge in [0.1, 0.15) is 0 Å². The van der Waals surface area contributed by atoms with Crippen molar-refractivity contribution in [2.45, 2.75) is 47.0 Å². The first-order valence-corrected chi connectivity index (χ1v) is 10.0. The number of aliphatic hydroxyl groups excluding tert-OH is 1. The number of ether oxygens (including phenoxy) is 1. The molecule has 0 aromatic heterocycles. The van der Waals surface area contributed by atoms with E-state index in [0.717, 1.165) is 77.7 Å². The van der Waals surface area contributed by atoms with Gasteiger partial charge < -0.3 is 20.5 Å². The molecule has 1 aliphatic heterocycles. The molecule has 7 heteroatoms. The van der Waals surface area contributed by atoms with Gasteiger partial charge in [0.25, 0.3) is 0 Å². The molecular weight excluding hydrogens is 443 g/mol. The number of rotatable bonds is 11. The van der Waals surface area contributed by atoms with Crippen molar-refractivity contribution in [1.29, 1.82) is 0 Å². The van der Waals surface area contributed by atoms with Crippen LogP contribution >= 0.6 is 24.0 Å². The summed E-state index contributed by atoms with van der Waals surface area (Å²) in [6.07, 6.45) is 2.90. The summed E-state index contributed by atoms with van der Waals surface area (Å²) in [5, 5.41) is 16.2. The molecule has 1 heterocycles. The van der Waals surface area contributed by atoms with Gasteiger partial charge in [0.15, 0.2) is 5.96 Å². The minimum absolute atomic E-state index is 0. The lowest BCUT2D eigenvalue weighted by atomic mass is 9.79. The van der Waals surface area contributed by atoms with Gasteiger partial charge in [-0.3, -0.25) is 9.89 Å². The molecule has 1 aliphatic rings. The number of morpholine rings is 1. The number of halogens is 1. The average Bonchev–Trinajstić information content (AvgIpc) is 2.64. The second kappa shape index (κ2) is 14.9. The summed E-state index contributed by atoms with van der Waals surface area (Å²) in [7, 11) is 0. The number of hydrogen-bond acceptors (Lipinski definition) is 4. The summed E-state index contributed by atoms with van der Waals surface area (Å²) in [5.74, 6) is 1.45. The number of nitrogens with one attached hydrogen (secondary N) is 2. The number of nitrogens with zero attached hydrogens (tertiary/aromatic N) is 2. The van der Waals surface area contributed by atoms with E-state index in [1.807, 2.05) is 0 Å². The first-order valence-electron chi connectivity index (χ1n) is 10.0. The molecule has 1 rings (SSSR count). The van der Waals surface area contributed by atoms with Crippen molar-refractivity contribution in [2.24, 2.45) is 16.3 Å². The van der Waals surface area contributed by atoms with E-state index in [4.69, 9.17) is 9.73 Å². The molecule has 1 atom stereocenters.